The minimum atomic E-state index is -0.615. The van der Waals surface area contributed by atoms with Crippen LogP contribution in [-0.2, 0) is 9.53 Å². The topological polar surface area (TPSA) is 81.4 Å². The number of benzene rings is 2. The maximum Gasteiger partial charge on any atom is 0.340 e. The SMILES string of the molecule is CC(C)c1ccccc1NC(=O)COC(=O)c1ccccc1N. The van der Waals surface area contributed by atoms with Crippen LogP contribution in [0.5, 0.6) is 0 Å². The summed E-state index contributed by atoms with van der Waals surface area (Å²) >= 11 is 0. The molecule has 0 aliphatic rings. The highest BCUT2D eigenvalue weighted by molar-refractivity contribution is 5.98. The summed E-state index contributed by atoms with van der Waals surface area (Å²) in [7, 11) is 0. The van der Waals surface area contributed by atoms with Crippen molar-refractivity contribution < 1.29 is 14.3 Å². The van der Waals surface area contributed by atoms with Gasteiger partial charge >= 0.3 is 5.97 Å². The molecular weight excluding hydrogens is 292 g/mol. The fourth-order valence-electron chi connectivity index (χ4n) is 2.19. The van der Waals surface area contributed by atoms with Gasteiger partial charge in [-0.3, -0.25) is 4.79 Å². The number of rotatable bonds is 5. The number of nitrogen functional groups attached to an aromatic ring is 1. The first kappa shape index (κ1) is 16.5. The summed E-state index contributed by atoms with van der Waals surface area (Å²) in [6, 6.07) is 14.1. The summed E-state index contributed by atoms with van der Waals surface area (Å²) in [5.41, 5.74) is 8.03. The van der Waals surface area contributed by atoms with E-state index in [9.17, 15) is 9.59 Å². The number of amides is 1. The third-order valence-electron chi connectivity index (χ3n) is 3.37. The Morgan fingerprint density at radius 3 is 2.43 bits per heavy atom. The van der Waals surface area contributed by atoms with E-state index in [0.717, 1.165) is 11.3 Å². The van der Waals surface area contributed by atoms with Gasteiger partial charge in [0, 0.05) is 11.4 Å². The molecule has 3 N–H and O–H groups in total. The van der Waals surface area contributed by atoms with Crippen LogP contribution in [0.25, 0.3) is 0 Å². The van der Waals surface area contributed by atoms with Crippen molar-refractivity contribution in [2.45, 2.75) is 19.8 Å². The number of carbonyl (C=O) groups excluding carboxylic acids is 2. The molecule has 0 saturated carbocycles. The van der Waals surface area contributed by atoms with Crippen LogP contribution in [0.1, 0.15) is 35.7 Å². The third kappa shape index (κ3) is 4.32. The Hall–Kier alpha value is -2.82. The number of para-hydroxylation sites is 2. The second kappa shape index (κ2) is 7.45. The number of hydrogen-bond donors (Lipinski definition) is 2. The van der Waals surface area contributed by atoms with Crippen molar-refractivity contribution in [2.75, 3.05) is 17.7 Å². The second-order valence-corrected chi connectivity index (χ2v) is 5.45. The molecule has 23 heavy (non-hydrogen) atoms. The minimum Gasteiger partial charge on any atom is -0.452 e. The third-order valence-corrected chi connectivity index (χ3v) is 3.37. The van der Waals surface area contributed by atoms with Gasteiger partial charge < -0.3 is 15.8 Å². The van der Waals surface area contributed by atoms with E-state index >= 15 is 0 Å². The van der Waals surface area contributed by atoms with Gasteiger partial charge in [-0.2, -0.15) is 0 Å². The highest BCUT2D eigenvalue weighted by Gasteiger charge is 2.14. The van der Waals surface area contributed by atoms with Gasteiger partial charge in [0.2, 0.25) is 0 Å². The molecule has 0 aromatic heterocycles. The van der Waals surface area contributed by atoms with Gasteiger partial charge in [0.15, 0.2) is 6.61 Å². The molecule has 0 atom stereocenters. The average Bonchev–Trinajstić information content (AvgIpc) is 2.53. The summed E-state index contributed by atoms with van der Waals surface area (Å²) in [5.74, 6) is -0.727. The highest BCUT2D eigenvalue weighted by atomic mass is 16.5. The van der Waals surface area contributed by atoms with E-state index in [2.05, 4.69) is 5.32 Å². The van der Waals surface area contributed by atoms with E-state index in [1.165, 1.54) is 0 Å². The molecule has 5 heteroatoms. The molecule has 120 valence electrons. The van der Waals surface area contributed by atoms with Crippen LogP contribution in [-0.4, -0.2) is 18.5 Å². The largest absolute Gasteiger partial charge is 0.452 e. The van der Waals surface area contributed by atoms with Gasteiger partial charge in [0.05, 0.1) is 5.56 Å². The highest BCUT2D eigenvalue weighted by Crippen LogP contribution is 2.23. The molecule has 1 amide bonds. The van der Waals surface area contributed by atoms with Crippen molar-refractivity contribution in [2.24, 2.45) is 0 Å². The Bertz CT molecular complexity index is 711. The fraction of sp³-hybridized carbons (Fsp3) is 0.222. The Balaban J connectivity index is 1.96. The zero-order chi connectivity index (χ0) is 16.8. The summed E-state index contributed by atoms with van der Waals surface area (Å²) in [4.78, 5) is 23.9. The quantitative estimate of drug-likeness (QED) is 0.656. The van der Waals surface area contributed by atoms with E-state index in [-0.39, 0.29) is 24.0 Å². The number of nitrogens with one attached hydrogen (secondary N) is 1. The lowest BCUT2D eigenvalue weighted by molar-refractivity contribution is -0.119. The Morgan fingerprint density at radius 1 is 1.09 bits per heavy atom. The molecule has 0 radical (unpaired) electrons. The zero-order valence-electron chi connectivity index (χ0n) is 13.2. The lowest BCUT2D eigenvalue weighted by Crippen LogP contribution is -2.22. The van der Waals surface area contributed by atoms with Crippen molar-refractivity contribution in [3.8, 4) is 0 Å². The molecule has 0 aliphatic carbocycles. The maximum absolute atomic E-state index is 12.0. The first-order valence-electron chi connectivity index (χ1n) is 7.39. The molecule has 0 aliphatic heterocycles. The van der Waals surface area contributed by atoms with Crippen LogP contribution in [0, 0.1) is 0 Å². The predicted molar refractivity (Wildman–Crippen MR) is 90.3 cm³/mol. The molecule has 0 saturated heterocycles. The van der Waals surface area contributed by atoms with Crippen LogP contribution >= 0.6 is 0 Å². The molecular formula is C18H20N2O3. The lowest BCUT2D eigenvalue weighted by Gasteiger charge is -2.13. The fourth-order valence-corrected chi connectivity index (χ4v) is 2.19. The van der Waals surface area contributed by atoms with Crippen molar-refractivity contribution in [3.05, 3.63) is 59.7 Å². The predicted octanol–water partition coefficient (Wildman–Crippen LogP) is 3.19. The Labute approximate surface area is 135 Å². The van der Waals surface area contributed by atoms with E-state index < -0.39 is 5.97 Å². The first-order chi connectivity index (χ1) is 11.0. The number of hydrogen-bond acceptors (Lipinski definition) is 4. The molecule has 0 heterocycles. The smallest absolute Gasteiger partial charge is 0.340 e. The van der Waals surface area contributed by atoms with Crippen LogP contribution in [0.2, 0.25) is 0 Å². The standard InChI is InChI=1S/C18H20N2O3/c1-12(2)13-7-4-6-10-16(13)20-17(21)11-23-18(22)14-8-3-5-9-15(14)19/h3-10,12H,11,19H2,1-2H3,(H,20,21). The van der Waals surface area contributed by atoms with E-state index in [4.69, 9.17) is 10.5 Å². The van der Waals surface area contributed by atoms with Gasteiger partial charge in [-0.25, -0.2) is 4.79 Å². The van der Waals surface area contributed by atoms with Crippen molar-refractivity contribution >= 4 is 23.3 Å². The number of nitrogens with two attached hydrogens (primary N) is 1. The molecule has 2 rings (SSSR count). The maximum atomic E-state index is 12.0. The minimum absolute atomic E-state index is 0.253. The van der Waals surface area contributed by atoms with Crippen molar-refractivity contribution in [3.63, 3.8) is 0 Å². The number of ether oxygens (including phenoxy) is 1. The molecule has 2 aromatic rings. The van der Waals surface area contributed by atoms with Crippen LogP contribution in [0.15, 0.2) is 48.5 Å². The van der Waals surface area contributed by atoms with Crippen LogP contribution in [0.3, 0.4) is 0 Å². The normalized spacial score (nSPS) is 10.4. The number of esters is 1. The molecule has 2 aromatic carbocycles. The van der Waals surface area contributed by atoms with E-state index in [0.29, 0.717) is 5.69 Å². The molecule has 5 nitrogen and oxygen atoms in total. The van der Waals surface area contributed by atoms with E-state index in [1.807, 2.05) is 38.1 Å². The Kier molecular flexibility index (Phi) is 5.36. The summed E-state index contributed by atoms with van der Waals surface area (Å²) in [6.07, 6.45) is 0. The van der Waals surface area contributed by atoms with Gasteiger partial charge in [-0.1, -0.05) is 44.2 Å². The van der Waals surface area contributed by atoms with Crippen molar-refractivity contribution in [1.82, 2.24) is 0 Å². The van der Waals surface area contributed by atoms with Gasteiger partial charge in [0.25, 0.3) is 5.91 Å². The van der Waals surface area contributed by atoms with Gasteiger partial charge in [-0.15, -0.1) is 0 Å². The van der Waals surface area contributed by atoms with Crippen molar-refractivity contribution in [1.29, 1.82) is 0 Å². The second-order valence-electron chi connectivity index (χ2n) is 5.45. The van der Waals surface area contributed by atoms with Crippen LogP contribution < -0.4 is 11.1 Å². The molecule has 0 unspecified atom stereocenters. The van der Waals surface area contributed by atoms with Gasteiger partial charge in [0.1, 0.15) is 0 Å². The molecule has 0 spiro atoms. The average molecular weight is 312 g/mol. The van der Waals surface area contributed by atoms with Gasteiger partial charge in [-0.05, 0) is 29.7 Å². The monoisotopic (exact) mass is 312 g/mol. The van der Waals surface area contributed by atoms with Crippen LogP contribution in [0.4, 0.5) is 11.4 Å². The molecule has 0 bridgehead atoms. The Morgan fingerprint density at radius 2 is 1.74 bits per heavy atom. The lowest BCUT2D eigenvalue weighted by atomic mass is 10.0. The zero-order valence-corrected chi connectivity index (χ0v) is 13.2. The molecule has 0 fully saturated rings. The summed E-state index contributed by atoms with van der Waals surface area (Å²) in [5, 5.41) is 2.77. The van der Waals surface area contributed by atoms with E-state index in [1.54, 1.807) is 24.3 Å². The summed E-state index contributed by atoms with van der Waals surface area (Å²) < 4.78 is 5.01. The first-order valence-corrected chi connectivity index (χ1v) is 7.39. The number of carbonyl (C=O) groups is 2. The number of anilines is 2. The summed E-state index contributed by atoms with van der Waals surface area (Å²) in [6.45, 7) is 3.73.